The van der Waals surface area contributed by atoms with Crippen LogP contribution >= 0.6 is 0 Å². The molecule has 0 atom stereocenters. The maximum Gasteiger partial charge on any atom is 0.416 e. The number of hydrogen-bond donors (Lipinski definition) is 2. The molecule has 37 heavy (non-hydrogen) atoms. The van der Waals surface area contributed by atoms with Gasteiger partial charge in [0.25, 0.3) is 0 Å². The Balaban J connectivity index is 1.37. The van der Waals surface area contributed by atoms with Gasteiger partial charge in [0.1, 0.15) is 0 Å². The molecule has 0 aliphatic carbocycles. The third-order valence-electron chi connectivity index (χ3n) is 6.22. The van der Waals surface area contributed by atoms with Crippen LogP contribution in [0.3, 0.4) is 0 Å². The number of anilines is 2. The first-order valence-electron chi connectivity index (χ1n) is 12.2. The van der Waals surface area contributed by atoms with Crippen molar-refractivity contribution in [3.05, 3.63) is 77.6 Å². The topological polar surface area (TPSA) is 80.1 Å². The monoisotopic (exact) mass is 511 g/mol. The van der Waals surface area contributed by atoms with Gasteiger partial charge < -0.3 is 19.9 Å². The summed E-state index contributed by atoms with van der Waals surface area (Å²) < 4.78 is 46.1. The van der Waals surface area contributed by atoms with E-state index in [0.717, 1.165) is 50.5 Å². The average molecular weight is 512 g/mol. The molecule has 1 aliphatic rings. The van der Waals surface area contributed by atoms with E-state index in [1.54, 1.807) is 6.33 Å². The van der Waals surface area contributed by atoms with Crippen LogP contribution in [-0.2, 0) is 24.0 Å². The van der Waals surface area contributed by atoms with Gasteiger partial charge in [0.05, 0.1) is 31.6 Å². The number of nitrogens with zero attached hydrogens (tertiary/aromatic N) is 5. The van der Waals surface area contributed by atoms with E-state index in [2.05, 4.69) is 25.5 Å². The maximum atomic E-state index is 13.0. The summed E-state index contributed by atoms with van der Waals surface area (Å²) in [5, 5.41) is 6.68. The molecular weight excluding hydrogens is 483 g/mol. The lowest BCUT2D eigenvalue weighted by Gasteiger charge is -2.26. The zero-order chi connectivity index (χ0) is 25.7. The largest absolute Gasteiger partial charge is 0.416 e. The van der Waals surface area contributed by atoms with E-state index < -0.39 is 11.7 Å². The summed E-state index contributed by atoms with van der Waals surface area (Å²) in [7, 11) is 0. The molecular formula is C26H28F3N7O. The van der Waals surface area contributed by atoms with Crippen molar-refractivity contribution in [3.63, 3.8) is 0 Å². The highest BCUT2D eigenvalue weighted by Crippen LogP contribution is 2.29. The molecule has 1 fully saturated rings. The highest BCUT2D eigenvalue weighted by Gasteiger charge is 2.30. The van der Waals surface area contributed by atoms with Crippen molar-refractivity contribution < 1.29 is 17.9 Å². The van der Waals surface area contributed by atoms with Gasteiger partial charge in [-0.05, 0) is 23.3 Å². The number of rotatable bonds is 9. The molecule has 4 aromatic rings. The standard InChI is InChI=1S/C26H28F3N7O/c27-26(28,29)21-8-6-20(7-9-21)17-36-18-32-22-23(31-16-19-4-2-1-3-5-19)33-25(34-24(22)36)30-10-11-35-12-14-37-15-13-35/h1-9,18H,10-17H2,(H2,30,31,33,34). The fraction of sp³-hybridized carbons (Fsp3) is 0.346. The summed E-state index contributed by atoms with van der Waals surface area (Å²) in [4.78, 5) is 16.2. The zero-order valence-electron chi connectivity index (χ0n) is 20.2. The van der Waals surface area contributed by atoms with Crippen LogP contribution in [0.4, 0.5) is 24.9 Å². The molecule has 0 spiro atoms. The fourth-order valence-corrected chi connectivity index (χ4v) is 4.19. The summed E-state index contributed by atoms with van der Waals surface area (Å²) >= 11 is 0. The van der Waals surface area contributed by atoms with Crippen LogP contribution in [0.25, 0.3) is 11.2 Å². The van der Waals surface area contributed by atoms with Crippen molar-refractivity contribution in [1.29, 1.82) is 0 Å². The lowest BCUT2D eigenvalue weighted by Crippen LogP contribution is -2.39. The minimum absolute atomic E-state index is 0.330. The molecule has 2 aromatic heterocycles. The van der Waals surface area contributed by atoms with Gasteiger partial charge in [-0.1, -0.05) is 42.5 Å². The average Bonchev–Trinajstić information content (AvgIpc) is 3.31. The number of fused-ring (bicyclic) bond motifs is 1. The lowest BCUT2D eigenvalue weighted by molar-refractivity contribution is -0.137. The van der Waals surface area contributed by atoms with E-state index in [9.17, 15) is 13.2 Å². The van der Waals surface area contributed by atoms with Crippen molar-refractivity contribution in [2.45, 2.75) is 19.3 Å². The van der Waals surface area contributed by atoms with Crippen molar-refractivity contribution in [1.82, 2.24) is 24.4 Å². The first-order valence-corrected chi connectivity index (χ1v) is 12.2. The molecule has 0 amide bonds. The molecule has 3 heterocycles. The first kappa shape index (κ1) is 25.0. The Bertz CT molecular complexity index is 1300. The predicted molar refractivity (Wildman–Crippen MR) is 135 cm³/mol. The summed E-state index contributed by atoms with van der Waals surface area (Å²) in [5.74, 6) is 1.05. The SMILES string of the molecule is FC(F)(F)c1ccc(Cn2cnc3c(NCc4ccccc4)nc(NCCN4CCOCC4)nc32)cc1. The van der Waals surface area contributed by atoms with Gasteiger partial charge in [-0.25, -0.2) is 4.98 Å². The first-order chi connectivity index (χ1) is 18.0. The Hall–Kier alpha value is -3.70. The van der Waals surface area contributed by atoms with E-state index in [1.807, 2.05) is 34.9 Å². The van der Waals surface area contributed by atoms with Crippen molar-refractivity contribution in [3.8, 4) is 0 Å². The van der Waals surface area contributed by atoms with Gasteiger partial charge in [0, 0.05) is 32.7 Å². The van der Waals surface area contributed by atoms with Crippen LogP contribution < -0.4 is 10.6 Å². The number of halogens is 3. The third-order valence-corrected chi connectivity index (χ3v) is 6.22. The van der Waals surface area contributed by atoms with E-state index in [4.69, 9.17) is 9.72 Å². The highest BCUT2D eigenvalue weighted by atomic mass is 19.4. The number of aromatic nitrogens is 4. The van der Waals surface area contributed by atoms with Gasteiger partial charge >= 0.3 is 6.18 Å². The molecule has 0 saturated carbocycles. The Morgan fingerprint density at radius 3 is 2.38 bits per heavy atom. The molecule has 8 nitrogen and oxygen atoms in total. The summed E-state index contributed by atoms with van der Waals surface area (Å²) in [6.07, 6.45) is -2.73. The number of morpholine rings is 1. The van der Waals surface area contributed by atoms with E-state index >= 15 is 0 Å². The van der Waals surface area contributed by atoms with Crippen LogP contribution in [0.2, 0.25) is 0 Å². The second kappa shape index (κ2) is 11.1. The number of hydrogen-bond acceptors (Lipinski definition) is 7. The highest BCUT2D eigenvalue weighted by molar-refractivity contribution is 5.84. The summed E-state index contributed by atoms with van der Waals surface area (Å²) in [5.41, 5.74) is 2.33. The molecule has 1 saturated heterocycles. The number of ether oxygens (including phenoxy) is 1. The van der Waals surface area contributed by atoms with Gasteiger partial charge in [-0.2, -0.15) is 23.1 Å². The Labute approximate surface area is 212 Å². The van der Waals surface area contributed by atoms with Crippen LogP contribution in [0.15, 0.2) is 60.9 Å². The third kappa shape index (κ3) is 6.36. The van der Waals surface area contributed by atoms with Crippen LogP contribution in [0.5, 0.6) is 0 Å². The molecule has 0 bridgehead atoms. The molecule has 0 radical (unpaired) electrons. The molecule has 2 N–H and O–H groups in total. The molecule has 11 heteroatoms. The minimum atomic E-state index is -4.37. The van der Waals surface area contributed by atoms with Crippen molar-refractivity contribution >= 4 is 22.9 Å². The molecule has 194 valence electrons. The van der Waals surface area contributed by atoms with Crippen molar-refractivity contribution in [2.24, 2.45) is 0 Å². The van der Waals surface area contributed by atoms with E-state index in [1.165, 1.54) is 12.1 Å². The van der Waals surface area contributed by atoms with Gasteiger partial charge in [0.15, 0.2) is 17.0 Å². The minimum Gasteiger partial charge on any atom is -0.379 e. The molecule has 2 aromatic carbocycles. The normalized spacial score (nSPS) is 14.7. The Morgan fingerprint density at radius 1 is 0.892 bits per heavy atom. The van der Waals surface area contributed by atoms with E-state index in [-0.39, 0.29) is 0 Å². The van der Waals surface area contributed by atoms with E-state index in [0.29, 0.717) is 48.1 Å². The zero-order valence-corrected chi connectivity index (χ0v) is 20.2. The Morgan fingerprint density at radius 2 is 1.65 bits per heavy atom. The maximum absolute atomic E-state index is 13.0. The second-order valence-electron chi connectivity index (χ2n) is 8.86. The summed E-state index contributed by atoms with van der Waals surface area (Å²) in [6.45, 7) is 5.65. The molecule has 0 unspecified atom stereocenters. The van der Waals surface area contributed by atoms with Crippen LogP contribution in [0, 0.1) is 0 Å². The Kier molecular flexibility index (Phi) is 7.52. The molecule has 5 rings (SSSR count). The predicted octanol–water partition coefficient (Wildman–Crippen LogP) is 4.25. The van der Waals surface area contributed by atoms with Gasteiger partial charge in [-0.15, -0.1) is 0 Å². The van der Waals surface area contributed by atoms with Crippen LogP contribution in [-0.4, -0.2) is 63.8 Å². The smallest absolute Gasteiger partial charge is 0.379 e. The quantitative estimate of drug-likeness (QED) is 0.348. The molecule has 1 aliphatic heterocycles. The van der Waals surface area contributed by atoms with Crippen LogP contribution in [0.1, 0.15) is 16.7 Å². The second-order valence-corrected chi connectivity index (χ2v) is 8.86. The number of imidazole rings is 1. The van der Waals surface area contributed by atoms with Gasteiger partial charge in [0.2, 0.25) is 5.95 Å². The van der Waals surface area contributed by atoms with Crippen molar-refractivity contribution in [2.75, 3.05) is 50.0 Å². The summed E-state index contributed by atoms with van der Waals surface area (Å²) in [6, 6.07) is 15.1. The van der Waals surface area contributed by atoms with Gasteiger partial charge in [-0.3, -0.25) is 4.90 Å². The number of benzene rings is 2. The lowest BCUT2D eigenvalue weighted by atomic mass is 10.1. The number of nitrogens with one attached hydrogen (secondary N) is 2. The number of alkyl halides is 3. The fourth-order valence-electron chi connectivity index (χ4n) is 4.19.